The van der Waals surface area contributed by atoms with E-state index in [0.29, 0.717) is 19.3 Å². The van der Waals surface area contributed by atoms with Gasteiger partial charge in [0.15, 0.2) is 11.7 Å². The molecule has 0 N–H and O–H groups in total. The van der Waals surface area contributed by atoms with Crippen molar-refractivity contribution in [3.63, 3.8) is 0 Å². The second kappa shape index (κ2) is 6.43. The van der Waals surface area contributed by atoms with E-state index in [-0.39, 0.29) is 11.7 Å². The van der Waals surface area contributed by atoms with Crippen molar-refractivity contribution >= 4 is 11.9 Å². The fourth-order valence-electron chi connectivity index (χ4n) is 0.690. The van der Waals surface area contributed by atoms with Gasteiger partial charge in [0.2, 0.25) is 0 Å². The Morgan fingerprint density at radius 1 is 1.25 bits per heavy atom. The first-order valence-electron chi connectivity index (χ1n) is 3.59. The summed E-state index contributed by atoms with van der Waals surface area (Å²) in [5, 5.41) is 0. The predicted octanol–water partition coefficient (Wildman–Crippen LogP) is 0.692. The number of ether oxygens (including phenoxy) is 2. The number of carbonyl (C=O) groups excluding carboxylic acids is 2. The summed E-state index contributed by atoms with van der Waals surface area (Å²) < 4.78 is 9.07. The van der Waals surface area contributed by atoms with Crippen LogP contribution in [0.2, 0.25) is 0 Å². The largest absolute Gasteiger partial charge is 0.490 e. The van der Waals surface area contributed by atoms with E-state index in [1.165, 1.54) is 14.2 Å². The number of esters is 1. The quantitative estimate of drug-likeness (QED) is 0.348. The molecule has 4 heteroatoms. The van der Waals surface area contributed by atoms with Gasteiger partial charge in [-0.1, -0.05) is 0 Å². The van der Waals surface area contributed by atoms with Crippen LogP contribution in [-0.2, 0) is 19.1 Å². The van der Waals surface area contributed by atoms with Gasteiger partial charge in [-0.05, 0) is 6.42 Å². The third-order valence-corrected chi connectivity index (χ3v) is 1.37. The van der Waals surface area contributed by atoms with Gasteiger partial charge < -0.3 is 9.47 Å². The third-order valence-electron chi connectivity index (χ3n) is 1.37. The standard InChI is InChI=1S/C8H12O4/c1-11-7(6-9)4-3-5-8(10)12-2/h3-5H2,1-2H3. The van der Waals surface area contributed by atoms with E-state index in [1.807, 2.05) is 0 Å². The van der Waals surface area contributed by atoms with E-state index >= 15 is 0 Å². The van der Waals surface area contributed by atoms with E-state index < -0.39 is 0 Å². The summed E-state index contributed by atoms with van der Waals surface area (Å²) in [5.41, 5.74) is 0. The van der Waals surface area contributed by atoms with Gasteiger partial charge >= 0.3 is 5.97 Å². The first kappa shape index (κ1) is 10.7. The monoisotopic (exact) mass is 172 g/mol. The summed E-state index contributed by atoms with van der Waals surface area (Å²) >= 11 is 0. The Hall–Kier alpha value is -1.28. The fraction of sp³-hybridized carbons (Fsp3) is 0.625. The zero-order chi connectivity index (χ0) is 9.40. The van der Waals surface area contributed by atoms with E-state index in [9.17, 15) is 9.59 Å². The van der Waals surface area contributed by atoms with Crippen molar-refractivity contribution in [3.05, 3.63) is 5.76 Å². The lowest BCUT2D eigenvalue weighted by molar-refractivity contribution is -0.140. The van der Waals surface area contributed by atoms with Crippen molar-refractivity contribution in [1.29, 1.82) is 0 Å². The van der Waals surface area contributed by atoms with E-state index in [2.05, 4.69) is 9.47 Å². The molecule has 68 valence electrons. The molecule has 0 amide bonds. The molecule has 0 heterocycles. The first-order valence-corrected chi connectivity index (χ1v) is 3.59. The van der Waals surface area contributed by atoms with Crippen molar-refractivity contribution in [2.24, 2.45) is 0 Å². The van der Waals surface area contributed by atoms with Crippen LogP contribution in [-0.4, -0.2) is 26.1 Å². The van der Waals surface area contributed by atoms with Crippen LogP contribution in [0.3, 0.4) is 0 Å². The molecule has 0 aromatic rings. The highest BCUT2D eigenvalue weighted by molar-refractivity contribution is 5.69. The van der Waals surface area contributed by atoms with Crippen molar-refractivity contribution in [3.8, 4) is 0 Å². The summed E-state index contributed by atoms with van der Waals surface area (Å²) in [6, 6.07) is 0. The highest BCUT2D eigenvalue weighted by Gasteiger charge is 2.02. The Balaban J connectivity index is 3.55. The Labute approximate surface area is 71.2 Å². The van der Waals surface area contributed by atoms with Gasteiger partial charge in [0.05, 0.1) is 14.2 Å². The lowest BCUT2D eigenvalue weighted by Crippen LogP contribution is -2.00. The first-order chi connectivity index (χ1) is 5.74. The summed E-state index contributed by atoms with van der Waals surface area (Å²) in [7, 11) is 2.73. The Morgan fingerprint density at radius 3 is 2.33 bits per heavy atom. The third kappa shape index (κ3) is 4.52. The summed E-state index contributed by atoms with van der Waals surface area (Å²) in [4.78, 5) is 20.7. The maximum absolute atomic E-state index is 10.6. The molecule has 0 fully saturated rings. The van der Waals surface area contributed by atoms with Crippen molar-refractivity contribution in [2.45, 2.75) is 19.3 Å². The normalized spacial score (nSPS) is 8.50. The number of hydrogen-bond donors (Lipinski definition) is 0. The number of hydrogen-bond acceptors (Lipinski definition) is 4. The average Bonchev–Trinajstić information content (AvgIpc) is 2.12. The molecule has 0 aromatic heterocycles. The fourth-order valence-corrected chi connectivity index (χ4v) is 0.690. The lowest BCUT2D eigenvalue weighted by Gasteiger charge is -2.00. The van der Waals surface area contributed by atoms with Gasteiger partial charge in [0, 0.05) is 12.8 Å². The van der Waals surface area contributed by atoms with Gasteiger partial charge in [-0.25, -0.2) is 4.79 Å². The van der Waals surface area contributed by atoms with E-state index in [0.717, 1.165) is 0 Å². The van der Waals surface area contributed by atoms with Crippen molar-refractivity contribution in [1.82, 2.24) is 0 Å². The van der Waals surface area contributed by atoms with Crippen molar-refractivity contribution in [2.75, 3.05) is 14.2 Å². The van der Waals surface area contributed by atoms with Crippen LogP contribution in [0, 0.1) is 0 Å². The molecule has 0 atom stereocenters. The van der Waals surface area contributed by atoms with Crippen molar-refractivity contribution < 1.29 is 19.1 Å². The van der Waals surface area contributed by atoms with Crippen LogP contribution in [0.1, 0.15) is 19.3 Å². The molecule has 0 rings (SSSR count). The molecular weight excluding hydrogens is 160 g/mol. The van der Waals surface area contributed by atoms with Crippen LogP contribution in [0.25, 0.3) is 0 Å². The maximum Gasteiger partial charge on any atom is 0.305 e. The van der Waals surface area contributed by atoms with Crippen LogP contribution in [0.5, 0.6) is 0 Å². The topological polar surface area (TPSA) is 52.6 Å². The molecule has 0 spiro atoms. The second-order valence-corrected chi connectivity index (χ2v) is 2.16. The number of allylic oxidation sites excluding steroid dienone is 1. The highest BCUT2D eigenvalue weighted by Crippen LogP contribution is 2.04. The Kier molecular flexibility index (Phi) is 5.75. The van der Waals surface area contributed by atoms with Crippen LogP contribution >= 0.6 is 0 Å². The molecule has 0 saturated carbocycles. The van der Waals surface area contributed by atoms with Gasteiger partial charge in [-0.2, -0.15) is 0 Å². The molecule has 0 aliphatic carbocycles. The molecule has 12 heavy (non-hydrogen) atoms. The summed E-state index contributed by atoms with van der Waals surface area (Å²) in [6.45, 7) is 0. The Bertz CT molecular complexity index is 191. The molecule has 0 aliphatic heterocycles. The number of rotatable bonds is 5. The van der Waals surface area contributed by atoms with Gasteiger partial charge in [-0.3, -0.25) is 4.79 Å². The number of carbonyl (C=O) groups is 1. The van der Waals surface area contributed by atoms with Gasteiger partial charge in [0.1, 0.15) is 0 Å². The number of methoxy groups -OCH3 is 2. The van der Waals surface area contributed by atoms with Crippen LogP contribution in [0.15, 0.2) is 5.76 Å². The maximum atomic E-state index is 10.6. The molecular formula is C8H12O4. The Morgan fingerprint density at radius 2 is 1.92 bits per heavy atom. The summed E-state index contributed by atoms with van der Waals surface area (Å²) in [5.74, 6) is 1.59. The molecule has 0 bridgehead atoms. The van der Waals surface area contributed by atoms with Gasteiger partial charge in [-0.15, -0.1) is 0 Å². The lowest BCUT2D eigenvalue weighted by atomic mass is 10.2. The predicted molar refractivity (Wildman–Crippen MR) is 42.1 cm³/mol. The SMILES string of the molecule is COC(=O)CCCC(=C=O)OC. The van der Waals surface area contributed by atoms with Crippen LogP contribution in [0.4, 0.5) is 0 Å². The van der Waals surface area contributed by atoms with Crippen LogP contribution < -0.4 is 0 Å². The molecule has 0 unspecified atom stereocenters. The second-order valence-electron chi connectivity index (χ2n) is 2.16. The molecule has 0 aliphatic rings. The molecule has 0 aromatic carbocycles. The highest BCUT2D eigenvalue weighted by atomic mass is 16.5. The molecule has 0 saturated heterocycles. The minimum atomic E-state index is -0.281. The summed E-state index contributed by atoms with van der Waals surface area (Å²) in [6.07, 6.45) is 1.27. The minimum Gasteiger partial charge on any atom is -0.490 e. The zero-order valence-electron chi connectivity index (χ0n) is 7.25. The average molecular weight is 172 g/mol. The van der Waals surface area contributed by atoms with E-state index in [1.54, 1.807) is 5.94 Å². The smallest absolute Gasteiger partial charge is 0.305 e. The molecule has 4 nitrogen and oxygen atoms in total. The van der Waals surface area contributed by atoms with E-state index in [4.69, 9.17) is 0 Å². The zero-order valence-corrected chi connectivity index (χ0v) is 7.25. The molecule has 0 radical (unpaired) electrons. The van der Waals surface area contributed by atoms with Gasteiger partial charge in [0.25, 0.3) is 0 Å². The minimum absolute atomic E-state index is 0.235.